The summed E-state index contributed by atoms with van der Waals surface area (Å²) in [5, 5.41) is 3.59. The van der Waals surface area contributed by atoms with E-state index < -0.39 is 0 Å². The van der Waals surface area contributed by atoms with Crippen LogP contribution >= 0.6 is 0 Å². The molecule has 1 aromatic carbocycles. The van der Waals surface area contributed by atoms with Crippen LogP contribution in [0.15, 0.2) is 24.3 Å². The van der Waals surface area contributed by atoms with Crippen LogP contribution in [0, 0.1) is 0 Å². The molecule has 1 fully saturated rings. The molecule has 1 N–H and O–H groups in total. The van der Waals surface area contributed by atoms with Crippen molar-refractivity contribution < 1.29 is 4.74 Å². The number of ether oxygens (including phenoxy) is 1. The number of nitrogens with zero attached hydrogens (tertiary/aromatic N) is 1. The Hall–Kier alpha value is -1.06. The monoisotopic (exact) mass is 262 g/mol. The fourth-order valence-electron chi connectivity index (χ4n) is 2.85. The lowest BCUT2D eigenvalue weighted by Gasteiger charge is -2.26. The molecule has 0 aliphatic carbocycles. The van der Waals surface area contributed by atoms with E-state index in [1.165, 1.54) is 31.4 Å². The number of para-hydroxylation sites is 1. The van der Waals surface area contributed by atoms with E-state index in [2.05, 4.69) is 29.3 Å². The zero-order valence-corrected chi connectivity index (χ0v) is 12.2. The zero-order chi connectivity index (χ0) is 13.5. The lowest BCUT2D eigenvalue weighted by molar-refractivity contribution is 0.238. The van der Waals surface area contributed by atoms with E-state index in [0.29, 0.717) is 6.04 Å². The van der Waals surface area contributed by atoms with Crippen molar-refractivity contribution in [3.05, 3.63) is 29.8 Å². The van der Waals surface area contributed by atoms with Crippen molar-refractivity contribution in [3.8, 4) is 5.75 Å². The van der Waals surface area contributed by atoms with Gasteiger partial charge in [-0.25, -0.2) is 0 Å². The number of hydrogen-bond acceptors (Lipinski definition) is 3. The topological polar surface area (TPSA) is 24.5 Å². The van der Waals surface area contributed by atoms with Crippen molar-refractivity contribution in [2.45, 2.75) is 38.8 Å². The largest absolute Gasteiger partial charge is 0.496 e. The molecule has 1 heterocycles. The SMILES string of the molecule is CCCN(Cc1ccccc1OC)CC1CCCN1. The molecule has 0 aromatic heterocycles. The highest BCUT2D eigenvalue weighted by Crippen LogP contribution is 2.20. The first kappa shape index (κ1) is 14.4. The second-order valence-electron chi connectivity index (χ2n) is 5.34. The molecular weight excluding hydrogens is 236 g/mol. The molecule has 19 heavy (non-hydrogen) atoms. The third-order valence-corrected chi connectivity index (χ3v) is 3.77. The second-order valence-corrected chi connectivity index (χ2v) is 5.34. The van der Waals surface area contributed by atoms with Gasteiger partial charge >= 0.3 is 0 Å². The molecule has 3 heteroatoms. The van der Waals surface area contributed by atoms with E-state index in [-0.39, 0.29) is 0 Å². The molecule has 0 amide bonds. The summed E-state index contributed by atoms with van der Waals surface area (Å²) in [6.45, 7) is 6.70. The summed E-state index contributed by atoms with van der Waals surface area (Å²) in [5.41, 5.74) is 1.29. The number of nitrogens with one attached hydrogen (secondary N) is 1. The van der Waals surface area contributed by atoms with Crippen molar-refractivity contribution in [1.29, 1.82) is 0 Å². The van der Waals surface area contributed by atoms with Gasteiger partial charge in [0.25, 0.3) is 0 Å². The maximum atomic E-state index is 5.45. The molecule has 2 rings (SSSR count). The maximum Gasteiger partial charge on any atom is 0.123 e. The summed E-state index contributed by atoms with van der Waals surface area (Å²) in [4.78, 5) is 2.54. The maximum absolute atomic E-state index is 5.45. The van der Waals surface area contributed by atoms with Crippen LogP contribution < -0.4 is 10.1 Å². The highest BCUT2D eigenvalue weighted by molar-refractivity contribution is 5.33. The van der Waals surface area contributed by atoms with Crippen molar-refractivity contribution in [2.75, 3.05) is 26.7 Å². The van der Waals surface area contributed by atoms with Crippen LogP contribution in [0.1, 0.15) is 31.7 Å². The van der Waals surface area contributed by atoms with Crippen molar-refractivity contribution >= 4 is 0 Å². The Labute approximate surface area is 116 Å². The molecule has 0 bridgehead atoms. The molecule has 3 nitrogen and oxygen atoms in total. The Morgan fingerprint density at radius 1 is 1.37 bits per heavy atom. The number of methoxy groups -OCH3 is 1. The first-order chi connectivity index (χ1) is 9.33. The molecule has 106 valence electrons. The minimum absolute atomic E-state index is 0.668. The van der Waals surface area contributed by atoms with E-state index in [1.807, 2.05) is 12.1 Å². The Balaban J connectivity index is 1.98. The summed E-state index contributed by atoms with van der Waals surface area (Å²) >= 11 is 0. The smallest absolute Gasteiger partial charge is 0.123 e. The van der Waals surface area contributed by atoms with Crippen LogP contribution in [0.4, 0.5) is 0 Å². The van der Waals surface area contributed by atoms with Gasteiger partial charge in [-0.3, -0.25) is 4.90 Å². The van der Waals surface area contributed by atoms with E-state index in [0.717, 1.165) is 25.4 Å². The van der Waals surface area contributed by atoms with Crippen LogP contribution in [0.25, 0.3) is 0 Å². The Kier molecular flexibility index (Phi) is 5.67. The molecule has 1 saturated heterocycles. The number of benzene rings is 1. The Morgan fingerprint density at radius 3 is 2.89 bits per heavy atom. The minimum atomic E-state index is 0.668. The fraction of sp³-hybridized carbons (Fsp3) is 0.625. The minimum Gasteiger partial charge on any atom is -0.496 e. The first-order valence-electron chi connectivity index (χ1n) is 7.41. The number of hydrogen-bond donors (Lipinski definition) is 1. The molecule has 0 spiro atoms. The zero-order valence-electron chi connectivity index (χ0n) is 12.2. The van der Waals surface area contributed by atoms with Gasteiger partial charge in [0.05, 0.1) is 7.11 Å². The van der Waals surface area contributed by atoms with Gasteiger partial charge < -0.3 is 10.1 Å². The van der Waals surface area contributed by atoms with Gasteiger partial charge in [-0.1, -0.05) is 25.1 Å². The lowest BCUT2D eigenvalue weighted by atomic mass is 10.1. The van der Waals surface area contributed by atoms with Crippen molar-refractivity contribution in [3.63, 3.8) is 0 Å². The van der Waals surface area contributed by atoms with Gasteiger partial charge in [-0.2, -0.15) is 0 Å². The van der Waals surface area contributed by atoms with Gasteiger partial charge in [0.15, 0.2) is 0 Å². The van der Waals surface area contributed by atoms with E-state index >= 15 is 0 Å². The predicted octanol–water partition coefficient (Wildman–Crippen LogP) is 2.66. The summed E-state index contributed by atoms with van der Waals surface area (Å²) in [5.74, 6) is 1.00. The van der Waals surface area contributed by atoms with Gasteiger partial charge in [-0.15, -0.1) is 0 Å². The number of rotatable bonds is 7. The first-order valence-corrected chi connectivity index (χ1v) is 7.41. The van der Waals surface area contributed by atoms with Gasteiger partial charge in [-0.05, 0) is 38.4 Å². The van der Waals surface area contributed by atoms with E-state index in [1.54, 1.807) is 7.11 Å². The van der Waals surface area contributed by atoms with Crippen LogP contribution in [-0.2, 0) is 6.54 Å². The highest BCUT2D eigenvalue weighted by Gasteiger charge is 2.18. The van der Waals surface area contributed by atoms with E-state index in [4.69, 9.17) is 4.74 Å². The molecule has 1 aromatic rings. The highest BCUT2D eigenvalue weighted by atomic mass is 16.5. The third kappa shape index (κ3) is 4.22. The molecule has 1 unspecified atom stereocenters. The second kappa shape index (κ2) is 7.51. The molecule has 0 radical (unpaired) electrons. The van der Waals surface area contributed by atoms with Crippen molar-refractivity contribution in [1.82, 2.24) is 10.2 Å². The third-order valence-electron chi connectivity index (χ3n) is 3.77. The van der Waals surface area contributed by atoms with Crippen LogP contribution in [-0.4, -0.2) is 37.7 Å². The fourth-order valence-corrected chi connectivity index (χ4v) is 2.85. The summed E-state index contributed by atoms with van der Waals surface area (Å²) < 4.78 is 5.45. The molecule has 1 aliphatic heterocycles. The lowest BCUT2D eigenvalue weighted by Crippen LogP contribution is -2.37. The van der Waals surface area contributed by atoms with Gasteiger partial charge in [0.2, 0.25) is 0 Å². The summed E-state index contributed by atoms with van der Waals surface area (Å²) in [7, 11) is 1.75. The molecule has 1 aliphatic rings. The predicted molar refractivity (Wildman–Crippen MR) is 79.6 cm³/mol. The Bertz CT molecular complexity index is 375. The summed E-state index contributed by atoms with van der Waals surface area (Å²) in [6, 6.07) is 9.01. The van der Waals surface area contributed by atoms with Crippen LogP contribution in [0.2, 0.25) is 0 Å². The molecule has 0 saturated carbocycles. The van der Waals surface area contributed by atoms with Gasteiger partial charge in [0.1, 0.15) is 5.75 Å². The van der Waals surface area contributed by atoms with Crippen LogP contribution in [0.5, 0.6) is 5.75 Å². The molecule has 1 atom stereocenters. The van der Waals surface area contributed by atoms with E-state index in [9.17, 15) is 0 Å². The standard InChI is InChI=1S/C16H26N2O/c1-3-11-18(13-15-8-6-10-17-15)12-14-7-4-5-9-16(14)19-2/h4-5,7,9,15,17H,3,6,8,10-13H2,1-2H3. The van der Waals surface area contributed by atoms with Gasteiger partial charge in [0, 0.05) is 24.7 Å². The molecular formula is C16H26N2O. The normalized spacial score (nSPS) is 19.0. The van der Waals surface area contributed by atoms with Crippen LogP contribution in [0.3, 0.4) is 0 Å². The average Bonchev–Trinajstić information content (AvgIpc) is 2.92. The quantitative estimate of drug-likeness (QED) is 0.817. The average molecular weight is 262 g/mol. The Morgan fingerprint density at radius 2 is 2.21 bits per heavy atom. The van der Waals surface area contributed by atoms with Crippen molar-refractivity contribution in [2.24, 2.45) is 0 Å². The summed E-state index contributed by atoms with van der Waals surface area (Å²) in [6.07, 6.45) is 3.83.